The summed E-state index contributed by atoms with van der Waals surface area (Å²) < 4.78 is 26.3. The number of allylic oxidation sites excluding steroid dienone is 2. The van der Waals surface area contributed by atoms with Gasteiger partial charge < -0.3 is 0 Å². The summed E-state index contributed by atoms with van der Waals surface area (Å²) in [4.78, 5) is 0. The first-order valence-corrected chi connectivity index (χ1v) is 10.4. The molecule has 0 amide bonds. The topological polar surface area (TPSA) is 0 Å². The maximum Gasteiger partial charge on any atom is 0.241 e. The molecule has 0 aliphatic heterocycles. The minimum atomic E-state index is -2.09. The summed E-state index contributed by atoms with van der Waals surface area (Å²) >= 11 is 0. The van der Waals surface area contributed by atoms with Crippen molar-refractivity contribution in [2.24, 2.45) is 46.8 Å². The Hall–Kier alpha value is -0.400. The van der Waals surface area contributed by atoms with E-state index in [4.69, 9.17) is 0 Å². The Labute approximate surface area is 146 Å². The number of hydrogen-bond acceptors (Lipinski definition) is 0. The van der Waals surface area contributed by atoms with Gasteiger partial charge >= 0.3 is 0 Å². The highest BCUT2D eigenvalue weighted by Crippen LogP contribution is 2.65. The molecule has 0 N–H and O–H groups in total. The number of rotatable bonds is 1. The van der Waals surface area contributed by atoms with E-state index in [1.165, 1.54) is 32.1 Å². The minimum absolute atomic E-state index is 0.308. The van der Waals surface area contributed by atoms with E-state index in [0.717, 1.165) is 48.9 Å². The Kier molecular flexibility index (Phi) is 4.32. The van der Waals surface area contributed by atoms with Crippen LogP contribution in [0.4, 0.5) is 8.78 Å². The molecule has 136 valence electrons. The molecule has 8 atom stereocenters. The van der Waals surface area contributed by atoms with Gasteiger partial charge in [0.1, 0.15) is 0 Å². The van der Waals surface area contributed by atoms with Gasteiger partial charge in [-0.05, 0) is 99.2 Å². The average molecular weight is 337 g/mol. The molecular formula is C22H34F2. The molecule has 0 aromatic rings. The standard InChI is InChI=1S/C22H34F2/c1-4-19-13(2)11-20-18-8-5-14-12-15(21(23)24)6-7-16(14)17(18)9-10-22(19,20)3/h4,13-18,20-21H,5-12H2,1-3H3/b19-4-. The smallest absolute Gasteiger partial charge is 0.210 e. The van der Waals surface area contributed by atoms with E-state index < -0.39 is 6.43 Å². The van der Waals surface area contributed by atoms with Crippen LogP contribution >= 0.6 is 0 Å². The molecule has 0 aromatic carbocycles. The summed E-state index contributed by atoms with van der Waals surface area (Å²) in [6.45, 7) is 7.19. The lowest BCUT2D eigenvalue weighted by Gasteiger charge is -2.55. The van der Waals surface area contributed by atoms with Gasteiger partial charge in [-0.1, -0.05) is 25.5 Å². The largest absolute Gasteiger partial charge is 0.241 e. The van der Waals surface area contributed by atoms with Crippen LogP contribution in [0.25, 0.3) is 0 Å². The van der Waals surface area contributed by atoms with Crippen molar-refractivity contribution in [3.8, 4) is 0 Å². The third kappa shape index (κ3) is 2.42. The van der Waals surface area contributed by atoms with Crippen LogP contribution in [0.1, 0.15) is 72.1 Å². The average Bonchev–Trinajstić information content (AvgIpc) is 2.83. The Morgan fingerprint density at radius 3 is 2.46 bits per heavy atom. The summed E-state index contributed by atoms with van der Waals surface area (Å²) in [7, 11) is 0. The van der Waals surface area contributed by atoms with E-state index in [2.05, 4.69) is 26.8 Å². The lowest BCUT2D eigenvalue weighted by molar-refractivity contribution is -0.0657. The Morgan fingerprint density at radius 1 is 1.00 bits per heavy atom. The zero-order chi connectivity index (χ0) is 17.1. The van der Waals surface area contributed by atoms with E-state index in [9.17, 15) is 8.78 Å². The van der Waals surface area contributed by atoms with Crippen LogP contribution in [0.2, 0.25) is 0 Å². The highest BCUT2D eigenvalue weighted by atomic mass is 19.3. The zero-order valence-corrected chi connectivity index (χ0v) is 15.6. The maximum absolute atomic E-state index is 13.2. The van der Waals surface area contributed by atoms with Gasteiger partial charge in [-0.2, -0.15) is 0 Å². The molecule has 0 bridgehead atoms. The third-order valence-corrected chi connectivity index (χ3v) is 8.85. The molecule has 24 heavy (non-hydrogen) atoms. The third-order valence-electron chi connectivity index (χ3n) is 8.85. The quantitative estimate of drug-likeness (QED) is 0.467. The molecular weight excluding hydrogens is 302 g/mol. The Balaban J connectivity index is 1.54. The zero-order valence-electron chi connectivity index (χ0n) is 15.6. The van der Waals surface area contributed by atoms with Crippen molar-refractivity contribution in [3.63, 3.8) is 0 Å². The molecule has 4 saturated carbocycles. The van der Waals surface area contributed by atoms with Gasteiger partial charge in [0.15, 0.2) is 0 Å². The van der Waals surface area contributed by atoms with Crippen molar-refractivity contribution >= 4 is 0 Å². The highest BCUT2D eigenvalue weighted by Gasteiger charge is 2.56. The SMILES string of the molecule is C/C=C1/C(C)CC2C3CCC4CC(C(F)F)CCC4C3CCC12C. The first-order valence-electron chi connectivity index (χ1n) is 10.4. The van der Waals surface area contributed by atoms with E-state index in [-0.39, 0.29) is 5.92 Å². The summed E-state index contributed by atoms with van der Waals surface area (Å²) in [6.07, 6.45) is 9.57. The van der Waals surface area contributed by atoms with Crippen molar-refractivity contribution in [1.29, 1.82) is 0 Å². The van der Waals surface area contributed by atoms with Crippen LogP contribution in [0, 0.1) is 46.8 Å². The molecule has 0 heterocycles. The molecule has 0 radical (unpaired) electrons. The highest BCUT2D eigenvalue weighted by molar-refractivity contribution is 5.25. The normalized spacial score (nSPS) is 52.9. The van der Waals surface area contributed by atoms with Gasteiger partial charge in [0.05, 0.1) is 0 Å². The van der Waals surface area contributed by atoms with Gasteiger partial charge in [-0.25, -0.2) is 8.78 Å². The molecule has 8 unspecified atom stereocenters. The molecule has 4 rings (SSSR count). The predicted octanol–water partition coefficient (Wildman–Crippen LogP) is 6.71. The van der Waals surface area contributed by atoms with Crippen LogP contribution in [0.15, 0.2) is 11.6 Å². The summed E-state index contributed by atoms with van der Waals surface area (Å²) in [6, 6.07) is 0. The first kappa shape index (κ1) is 17.0. The molecule has 4 aliphatic carbocycles. The summed E-state index contributed by atoms with van der Waals surface area (Å²) in [5, 5.41) is 0. The maximum atomic E-state index is 13.2. The van der Waals surface area contributed by atoms with Crippen LogP contribution in [0.3, 0.4) is 0 Å². The molecule has 0 aromatic heterocycles. The fourth-order valence-corrected chi connectivity index (χ4v) is 7.92. The fourth-order valence-electron chi connectivity index (χ4n) is 7.92. The minimum Gasteiger partial charge on any atom is -0.210 e. The molecule has 0 saturated heterocycles. The first-order chi connectivity index (χ1) is 11.5. The second-order valence-corrected chi connectivity index (χ2v) is 9.68. The Morgan fingerprint density at radius 2 is 1.75 bits per heavy atom. The summed E-state index contributed by atoms with van der Waals surface area (Å²) in [5.41, 5.74) is 2.15. The van der Waals surface area contributed by atoms with E-state index >= 15 is 0 Å². The van der Waals surface area contributed by atoms with Crippen molar-refractivity contribution in [2.75, 3.05) is 0 Å². The lowest BCUT2D eigenvalue weighted by atomic mass is 9.50. The molecule has 4 fully saturated rings. The lowest BCUT2D eigenvalue weighted by Crippen LogP contribution is -2.47. The van der Waals surface area contributed by atoms with Crippen LogP contribution in [-0.2, 0) is 0 Å². The molecule has 0 spiro atoms. The van der Waals surface area contributed by atoms with Crippen molar-refractivity contribution < 1.29 is 8.78 Å². The second-order valence-electron chi connectivity index (χ2n) is 9.68. The van der Waals surface area contributed by atoms with Crippen LogP contribution in [0.5, 0.6) is 0 Å². The predicted molar refractivity (Wildman–Crippen MR) is 94.9 cm³/mol. The molecule has 4 aliphatic rings. The van der Waals surface area contributed by atoms with Gasteiger partial charge in [-0.3, -0.25) is 0 Å². The van der Waals surface area contributed by atoms with E-state index in [1.54, 1.807) is 5.57 Å². The number of hydrogen-bond donors (Lipinski definition) is 0. The van der Waals surface area contributed by atoms with Gasteiger partial charge in [-0.15, -0.1) is 0 Å². The second kappa shape index (κ2) is 6.09. The van der Waals surface area contributed by atoms with Gasteiger partial charge in [0.2, 0.25) is 6.43 Å². The van der Waals surface area contributed by atoms with Crippen LogP contribution in [-0.4, -0.2) is 6.43 Å². The summed E-state index contributed by atoms with van der Waals surface area (Å²) in [5.74, 6) is 4.36. The fraction of sp³-hybridized carbons (Fsp3) is 0.909. The molecule has 0 nitrogen and oxygen atoms in total. The number of fused-ring (bicyclic) bond motifs is 5. The van der Waals surface area contributed by atoms with Crippen LogP contribution < -0.4 is 0 Å². The van der Waals surface area contributed by atoms with E-state index in [0.29, 0.717) is 11.3 Å². The van der Waals surface area contributed by atoms with Gasteiger partial charge in [0.25, 0.3) is 0 Å². The van der Waals surface area contributed by atoms with Crippen molar-refractivity contribution in [2.45, 2.75) is 78.6 Å². The number of halogens is 2. The van der Waals surface area contributed by atoms with Gasteiger partial charge in [0, 0.05) is 5.92 Å². The number of alkyl halides is 2. The monoisotopic (exact) mass is 336 g/mol. The Bertz CT molecular complexity index is 510. The van der Waals surface area contributed by atoms with Crippen molar-refractivity contribution in [3.05, 3.63) is 11.6 Å². The van der Waals surface area contributed by atoms with Crippen molar-refractivity contribution in [1.82, 2.24) is 0 Å². The van der Waals surface area contributed by atoms with E-state index in [1.807, 2.05) is 0 Å². The molecule has 2 heteroatoms.